The first-order valence-corrected chi connectivity index (χ1v) is 9.16. The van der Waals surface area contributed by atoms with E-state index >= 15 is 0 Å². The maximum absolute atomic E-state index is 6.22. The van der Waals surface area contributed by atoms with Crippen LogP contribution in [0.4, 0.5) is 0 Å². The van der Waals surface area contributed by atoms with Crippen LogP contribution in [0.25, 0.3) is 0 Å². The van der Waals surface area contributed by atoms with Crippen molar-refractivity contribution < 1.29 is 0 Å². The van der Waals surface area contributed by atoms with Crippen LogP contribution in [0.1, 0.15) is 97.8 Å². The minimum Gasteiger partial charge on any atom is -0.316 e. The van der Waals surface area contributed by atoms with E-state index in [1.165, 1.54) is 83.6 Å². The molecule has 2 N–H and O–H groups in total. The van der Waals surface area contributed by atoms with E-state index < -0.39 is 0 Å². The molecule has 0 saturated carbocycles. The van der Waals surface area contributed by atoms with Gasteiger partial charge < -0.3 is 5.73 Å². The second-order valence-electron chi connectivity index (χ2n) is 7.02. The lowest BCUT2D eigenvalue weighted by Gasteiger charge is -2.51. The fraction of sp³-hybridized carbons (Fsp3) is 1.00. The van der Waals surface area contributed by atoms with Crippen LogP contribution in [0.3, 0.4) is 0 Å². The molecule has 120 valence electrons. The molecule has 1 rings (SSSR count). The third-order valence-corrected chi connectivity index (χ3v) is 5.15. The first-order chi connectivity index (χ1) is 9.64. The van der Waals surface area contributed by atoms with Gasteiger partial charge in [0.25, 0.3) is 0 Å². The first kappa shape index (κ1) is 18.0. The van der Waals surface area contributed by atoms with Crippen molar-refractivity contribution in [1.29, 1.82) is 0 Å². The van der Waals surface area contributed by atoms with Crippen molar-refractivity contribution >= 4 is 0 Å². The van der Waals surface area contributed by atoms with Crippen molar-refractivity contribution in [3.63, 3.8) is 0 Å². The molecular weight excluding hydrogens is 244 g/mol. The lowest BCUT2D eigenvalue weighted by atomic mass is 9.83. The van der Waals surface area contributed by atoms with Gasteiger partial charge >= 0.3 is 0 Å². The molecule has 2 unspecified atom stereocenters. The van der Waals surface area contributed by atoms with Gasteiger partial charge in [0.15, 0.2) is 0 Å². The Morgan fingerprint density at radius 2 is 1.40 bits per heavy atom. The summed E-state index contributed by atoms with van der Waals surface area (Å²) in [6, 6.07) is 0. The van der Waals surface area contributed by atoms with Gasteiger partial charge in [-0.25, -0.2) is 0 Å². The Balaban J connectivity index is 2.34. The molecule has 1 aliphatic heterocycles. The summed E-state index contributed by atoms with van der Waals surface area (Å²) in [5.74, 6) is 0. The monoisotopic (exact) mass is 282 g/mol. The number of hydrogen-bond acceptors (Lipinski definition) is 2. The van der Waals surface area contributed by atoms with Gasteiger partial charge in [-0.3, -0.25) is 4.90 Å². The average Bonchev–Trinajstić information content (AvgIpc) is 2.42. The van der Waals surface area contributed by atoms with E-state index in [4.69, 9.17) is 5.73 Å². The minimum absolute atomic E-state index is 0.335. The maximum atomic E-state index is 6.22. The van der Waals surface area contributed by atoms with Crippen LogP contribution in [-0.4, -0.2) is 23.1 Å². The molecule has 20 heavy (non-hydrogen) atoms. The Morgan fingerprint density at radius 1 is 0.900 bits per heavy atom. The minimum atomic E-state index is 0.335. The van der Waals surface area contributed by atoms with E-state index in [2.05, 4.69) is 25.7 Å². The van der Waals surface area contributed by atoms with E-state index in [9.17, 15) is 0 Å². The highest BCUT2D eigenvalue weighted by molar-refractivity contribution is 4.94. The summed E-state index contributed by atoms with van der Waals surface area (Å²) in [6.07, 6.45) is 16.6. The van der Waals surface area contributed by atoms with E-state index in [0.717, 1.165) is 0 Å². The summed E-state index contributed by atoms with van der Waals surface area (Å²) in [4.78, 5) is 2.58. The van der Waals surface area contributed by atoms with Crippen molar-refractivity contribution in [1.82, 2.24) is 4.90 Å². The molecule has 2 atom stereocenters. The molecule has 0 aromatic carbocycles. The van der Waals surface area contributed by atoms with Gasteiger partial charge in [0.2, 0.25) is 0 Å². The van der Waals surface area contributed by atoms with E-state index in [0.29, 0.717) is 11.7 Å². The van der Waals surface area contributed by atoms with Crippen LogP contribution < -0.4 is 5.73 Å². The number of rotatable bonds is 12. The molecule has 1 saturated heterocycles. The van der Waals surface area contributed by atoms with Crippen molar-refractivity contribution in [2.45, 2.75) is 110 Å². The molecule has 0 aliphatic carbocycles. The number of hydrogen-bond donors (Lipinski definition) is 1. The second-order valence-corrected chi connectivity index (χ2v) is 7.02. The third kappa shape index (κ3) is 5.73. The number of unbranched alkanes of at least 4 members (excludes halogenated alkanes) is 7. The molecule has 2 nitrogen and oxygen atoms in total. The summed E-state index contributed by atoms with van der Waals surface area (Å²) in [5, 5.41) is 0. The van der Waals surface area contributed by atoms with E-state index in [1.807, 2.05) is 0 Å². The Bertz CT molecular complexity index is 242. The predicted molar refractivity (Wildman–Crippen MR) is 89.8 cm³/mol. The smallest absolute Gasteiger partial charge is 0.0588 e. The summed E-state index contributed by atoms with van der Waals surface area (Å²) < 4.78 is 0. The zero-order chi connectivity index (χ0) is 14.8. The van der Waals surface area contributed by atoms with Crippen LogP contribution in [-0.2, 0) is 0 Å². The van der Waals surface area contributed by atoms with Gasteiger partial charge in [-0.05, 0) is 26.2 Å². The van der Waals surface area contributed by atoms with Crippen LogP contribution in [0.5, 0.6) is 0 Å². The largest absolute Gasteiger partial charge is 0.316 e. The highest BCUT2D eigenvalue weighted by atomic mass is 15.3. The van der Waals surface area contributed by atoms with Gasteiger partial charge in [-0.2, -0.15) is 0 Å². The number of nitrogens with zero attached hydrogens (tertiary/aromatic N) is 1. The average molecular weight is 283 g/mol. The molecule has 0 aromatic heterocycles. The molecule has 2 heteroatoms. The highest BCUT2D eigenvalue weighted by Crippen LogP contribution is 2.34. The van der Waals surface area contributed by atoms with Gasteiger partial charge in [-0.15, -0.1) is 0 Å². The highest BCUT2D eigenvalue weighted by Gasteiger charge is 2.39. The molecule has 1 fully saturated rings. The third-order valence-electron chi connectivity index (χ3n) is 5.15. The topological polar surface area (TPSA) is 29.3 Å². The van der Waals surface area contributed by atoms with E-state index in [1.54, 1.807) is 0 Å². The Hall–Kier alpha value is -0.0800. The van der Waals surface area contributed by atoms with Crippen LogP contribution in [0.15, 0.2) is 0 Å². The second kappa shape index (κ2) is 9.78. The number of nitrogens with two attached hydrogens (primary N) is 1. The van der Waals surface area contributed by atoms with Crippen molar-refractivity contribution in [2.75, 3.05) is 6.54 Å². The van der Waals surface area contributed by atoms with Crippen molar-refractivity contribution in [2.24, 2.45) is 5.73 Å². The summed E-state index contributed by atoms with van der Waals surface area (Å²) in [5.41, 5.74) is 6.59. The van der Waals surface area contributed by atoms with Crippen LogP contribution in [0, 0.1) is 0 Å². The quantitative estimate of drug-likeness (QED) is 0.507. The zero-order valence-corrected chi connectivity index (χ0v) is 14.3. The summed E-state index contributed by atoms with van der Waals surface area (Å²) in [6.45, 7) is 8.27. The molecule has 1 heterocycles. The Kier molecular flexibility index (Phi) is 8.79. The fourth-order valence-corrected chi connectivity index (χ4v) is 3.53. The van der Waals surface area contributed by atoms with Crippen molar-refractivity contribution in [3.8, 4) is 0 Å². The zero-order valence-electron chi connectivity index (χ0n) is 14.3. The van der Waals surface area contributed by atoms with Gasteiger partial charge in [0, 0.05) is 12.1 Å². The van der Waals surface area contributed by atoms with Gasteiger partial charge in [-0.1, -0.05) is 71.6 Å². The fourth-order valence-electron chi connectivity index (χ4n) is 3.53. The van der Waals surface area contributed by atoms with E-state index in [-0.39, 0.29) is 0 Å². The summed E-state index contributed by atoms with van der Waals surface area (Å²) in [7, 11) is 0. The standard InChI is InChI=1S/C18H38N2/c1-4-6-8-10-12-15-18(3,14-11-9-7-5-2)20-16-13-17(20)19/h17H,4-16,19H2,1-3H3. The maximum Gasteiger partial charge on any atom is 0.0588 e. The molecule has 1 aliphatic rings. The molecule has 0 radical (unpaired) electrons. The Morgan fingerprint density at radius 3 is 1.80 bits per heavy atom. The van der Waals surface area contributed by atoms with Crippen LogP contribution >= 0.6 is 0 Å². The summed E-state index contributed by atoms with van der Waals surface area (Å²) >= 11 is 0. The predicted octanol–water partition coefficient (Wildman–Crippen LogP) is 5.07. The first-order valence-electron chi connectivity index (χ1n) is 9.16. The van der Waals surface area contributed by atoms with Crippen molar-refractivity contribution in [3.05, 3.63) is 0 Å². The number of likely N-dealkylation sites (tertiary alicyclic amines) is 1. The molecule has 0 amide bonds. The Labute approximate surface area is 127 Å². The van der Waals surface area contributed by atoms with Gasteiger partial charge in [0.1, 0.15) is 0 Å². The molecular formula is C18H38N2. The molecule has 0 bridgehead atoms. The van der Waals surface area contributed by atoms with Gasteiger partial charge in [0.05, 0.1) is 6.17 Å². The molecule has 0 spiro atoms. The SMILES string of the molecule is CCCCCCCC(C)(CCCCCC)N1CCC1N. The lowest BCUT2D eigenvalue weighted by molar-refractivity contribution is -0.0280. The van der Waals surface area contributed by atoms with Crippen LogP contribution in [0.2, 0.25) is 0 Å². The normalized spacial score (nSPS) is 22.5. The molecule has 0 aromatic rings. The lowest BCUT2D eigenvalue weighted by Crippen LogP contribution is -2.63.